The van der Waals surface area contributed by atoms with E-state index in [1.54, 1.807) is 27.9 Å². The molecule has 1 saturated heterocycles. The van der Waals surface area contributed by atoms with Crippen LogP contribution in [0.15, 0.2) is 36.7 Å². The molecule has 5 nitrogen and oxygen atoms in total. The number of halogens is 1. The molecule has 122 valence electrons. The van der Waals surface area contributed by atoms with Crippen molar-refractivity contribution >= 4 is 5.91 Å². The van der Waals surface area contributed by atoms with E-state index in [-0.39, 0.29) is 11.8 Å². The van der Waals surface area contributed by atoms with Gasteiger partial charge in [0.05, 0.1) is 0 Å². The number of hydrogen-bond donors (Lipinski definition) is 1. The highest BCUT2D eigenvalue weighted by Crippen LogP contribution is 2.29. The van der Waals surface area contributed by atoms with Crippen LogP contribution in [0.2, 0.25) is 0 Å². The van der Waals surface area contributed by atoms with E-state index in [2.05, 4.69) is 4.98 Å². The molecular weight excluding hydrogens is 297 g/mol. The van der Waals surface area contributed by atoms with E-state index in [1.165, 1.54) is 18.2 Å². The van der Waals surface area contributed by atoms with Gasteiger partial charge in [0.2, 0.25) is 0 Å². The number of aromatic nitrogens is 2. The number of aliphatic hydroxyl groups is 1. The van der Waals surface area contributed by atoms with Gasteiger partial charge in [0.15, 0.2) is 0 Å². The van der Waals surface area contributed by atoms with Crippen LogP contribution in [0, 0.1) is 11.7 Å². The first-order chi connectivity index (χ1) is 11.1. The van der Waals surface area contributed by atoms with Crippen LogP contribution in [-0.4, -0.2) is 38.6 Å². The second-order valence-corrected chi connectivity index (χ2v) is 6.01. The van der Waals surface area contributed by atoms with Crippen molar-refractivity contribution in [3.05, 3.63) is 53.9 Å². The lowest BCUT2D eigenvalue weighted by Crippen LogP contribution is -2.42. The molecule has 1 aliphatic rings. The van der Waals surface area contributed by atoms with Crippen molar-refractivity contribution in [2.75, 3.05) is 13.1 Å². The smallest absolute Gasteiger partial charge is 0.253 e. The standard InChI is InChI=1S/C17H20FN3O2/c1-20-9-7-19-16(20)15(22)13-5-3-8-21(11-13)17(23)12-4-2-6-14(18)10-12/h2,4,6-7,9-10,13,15,22H,3,5,8,11H2,1H3. The van der Waals surface area contributed by atoms with Crippen LogP contribution in [0.3, 0.4) is 0 Å². The quantitative estimate of drug-likeness (QED) is 0.943. The topological polar surface area (TPSA) is 58.4 Å². The Balaban J connectivity index is 1.73. The van der Waals surface area contributed by atoms with Gasteiger partial charge >= 0.3 is 0 Å². The molecule has 3 rings (SSSR count). The average Bonchev–Trinajstić information content (AvgIpc) is 2.99. The van der Waals surface area contributed by atoms with Crippen LogP contribution in [0.4, 0.5) is 4.39 Å². The van der Waals surface area contributed by atoms with Crippen molar-refractivity contribution in [2.24, 2.45) is 13.0 Å². The molecule has 2 atom stereocenters. The first-order valence-corrected chi connectivity index (χ1v) is 7.76. The molecule has 2 aromatic rings. The first-order valence-electron chi connectivity index (χ1n) is 7.76. The second kappa shape index (κ2) is 6.50. The van der Waals surface area contributed by atoms with E-state index >= 15 is 0 Å². The number of rotatable bonds is 3. The molecule has 1 amide bonds. The molecule has 0 radical (unpaired) electrons. The molecule has 1 aromatic carbocycles. The normalized spacial score (nSPS) is 19.6. The fourth-order valence-corrected chi connectivity index (χ4v) is 3.13. The Labute approximate surface area is 134 Å². The summed E-state index contributed by atoms with van der Waals surface area (Å²) >= 11 is 0. The fourth-order valence-electron chi connectivity index (χ4n) is 3.13. The van der Waals surface area contributed by atoms with Crippen LogP contribution in [0.25, 0.3) is 0 Å². The van der Waals surface area contributed by atoms with Crippen molar-refractivity contribution in [1.29, 1.82) is 0 Å². The third-order valence-electron chi connectivity index (χ3n) is 4.39. The van der Waals surface area contributed by atoms with Gasteiger partial charge in [-0.1, -0.05) is 6.07 Å². The zero-order valence-electron chi connectivity index (χ0n) is 13.0. The van der Waals surface area contributed by atoms with E-state index in [0.29, 0.717) is 24.5 Å². The van der Waals surface area contributed by atoms with E-state index in [0.717, 1.165) is 12.8 Å². The molecule has 0 aliphatic carbocycles. The molecule has 0 saturated carbocycles. The number of amides is 1. The van der Waals surface area contributed by atoms with Crippen LogP contribution < -0.4 is 0 Å². The lowest BCUT2D eigenvalue weighted by molar-refractivity contribution is 0.0358. The van der Waals surface area contributed by atoms with Gasteiger partial charge in [-0.2, -0.15) is 0 Å². The molecular formula is C17H20FN3O2. The number of aliphatic hydroxyl groups excluding tert-OH is 1. The highest BCUT2D eigenvalue weighted by Gasteiger charge is 2.31. The van der Waals surface area contributed by atoms with Crippen molar-refractivity contribution in [2.45, 2.75) is 18.9 Å². The summed E-state index contributed by atoms with van der Waals surface area (Å²) in [6.07, 6.45) is 4.38. The molecule has 1 fully saturated rings. The number of imidazole rings is 1. The fraction of sp³-hybridized carbons (Fsp3) is 0.412. The SMILES string of the molecule is Cn1ccnc1C(O)C1CCCN(C(=O)c2cccc(F)c2)C1. The van der Waals surface area contributed by atoms with Gasteiger partial charge in [0.1, 0.15) is 17.7 Å². The summed E-state index contributed by atoms with van der Waals surface area (Å²) in [4.78, 5) is 18.4. The molecule has 1 N–H and O–H groups in total. The highest BCUT2D eigenvalue weighted by atomic mass is 19.1. The Bertz CT molecular complexity index is 701. The van der Waals surface area contributed by atoms with Crippen LogP contribution in [0.5, 0.6) is 0 Å². The molecule has 6 heteroatoms. The zero-order chi connectivity index (χ0) is 16.4. The minimum atomic E-state index is -0.710. The Kier molecular flexibility index (Phi) is 4.43. The van der Waals surface area contributed by atoms with Gasteiger partial charge in [0.25, 0.3) is 5.91 Å². The number of carbonyl (C=O) groups is 1. The summed E-state index contributed by atoms with van der Waals surface area (Å²) in [7, 11) is 1.84. The summed E-state index contributed by atoms with van der Waals surface area (Å²) in [5, 5.41) is 10.5. The maximum absolute atomic E-state index is 13.3. The molecule has 2 heterocycles. The van der Waals surface area contributed by atoms with Gasteiger partial charge in [-0.25, -0.2) is 9.37 Å². The van der Waals surface area contributed by atoms with Gasteiger partial charge in [-0.3, -0.25) is 4.79 Å². The number of piperidine rings is 1. The minimum Gasteiger partial charge on any atom is -0.385 e. The Hall–Kier alpha value is -2.21. The molecule has 2 unspecified atom stereocenters. The number of hydrogen-bond acceptors (Lipinski definition) is 3. The van der Waals surface area contributed by atoms with Crippen LogP contribution in [0.1, 0.15) is 35.1 Å². The Morgan fingerprint density at radius 2 is 2.30 bits per heavy atom. The largest absolute Gasteiger partial charge is 0.385 e. The Morgan fingerprint density at radius 3 is 3.00 bits per heavy atom. The minimum absolute atomic E-state index is 0.0673. The van der Waals surface area contributed by atoms with Crippen molar-refractivity contribution in [3.63, 3.8) is 0 Å². The zero-order valence-corrected chi connectivity index (χ0v) is 13.0. The number of nitrogens with zero attached hydrogens (tertiary/aromatic N) is 3. The highest BCUT2D eigenvalue weighted by molar-refractivity contribution is 5.94. The van der Waals surface area contributed by atoms with Crippen molar-refractivity contribution < 1.29 is 14.3 Å². The predicted octanol–water partition coefficient (Wildman–Crippen LogP) is 2.15. The summed E-state index contributed by atoms with van der Waals surface area (Å²) < 4.78 is 15.1. The van der Waals surface area contributed by atoms with Crippen LogP contribution in [-0.2, 0) is 7.05 Å². The molecule has 1 aliphatic heterocycles. The lowest BCUT2D eigenvalue weighted by atomic mass is 9.91. The molecule has 1 aromatic heterocycles. The van der Waals surface area contributed by atoms with Gasteiger partial charge in [0, 0.05) is 44.0 Å². The second-order valence-electron chi connectivity index (χ2n) is 6.01. The average molecular weight is 317 g/mol. The van der Waals surface area contributed by atoms with E-state index < -0.39 is 11.9 Å². The molecule has 0 bridgehead atoms. The maximum atomic E-state index is 13.3. The molecule has 0 spiro atoms. The summed E-state index contributed by atoms with van der Waals surface area (Å²) in [6, 6.07) is 5.72. The predicted molar refractivity (Wildman–Crippen MR) is 83.2 cm³/mol. The van der Waals surface area contributed by atoms with Gasteiger partial charge < -0.3 is 14.6 Å². The monoisotopic (exact) mass is 317 g/mol. The summed E-state index contributed by atoms with van der Waals surface area (Å²) in [5.41, 5.74) is 0.345. The number of carbonyl (C=O) groups excluding carboxylic acids is 1. The number of aryl methyl sites for hydroxylation is 1. The van der Waals surface area contributed by atoms with Crippen LogP contribution >= 0.6 is 0 Å². The van der Waals surface area contributed by atoms with E-state index in [9.17, 15) is 14.3 Å². The lowest BCUT2D eigenvalue weighted by Gasteiger charge is -2.35. The number of likely N-dealkylation sites (tertiary alicyclic amines) is 1. The Morgan fingerprint density at radius 1 is 1.48 bits per heavy atom. The maximum Gasteiger partial charge on any atom is 0.253 e. The molecule has 23 heavy (non-hydrogen) atoms. The third kappa shape index (κ3) is 3.27. The number of benzene rings is 1. The summed E-state index contributed by atoms with van der Waals surface area (Å²) in [6.45, 7) is 1.07. The van der Waals surface area contributed by atoms with E-state index in [1.807, 2.05) is 7.05 Å². The first kappa shape index (κ1) is 15.7. The van der Waals surface area contributed by atoms with E-state index in [4.69, 9.17) is 0 Å². The third-order valence-corrected chi connectivity index (χ3v) is 4.39. The summed E-state index contributed by atoms with van der Waals surface area (Å²) in [5.74, 6) is -0.0730. The van der Waals surface area contributed by atoms with Gasteiger partial charge in [-0.05, 0) is 31.0 Å². The van der Waals surface area contributed by atoms with Crippen molar-refractivity contribution in [1.82, 2.24) is 14.5 Å². The van der Waals surface area contributed by atoms with Crippen molar-refractivity contribution in [3.8, 4) is 0 Å². The van der Waals surface area contributed by atoms with Gasteiger partial charge in [-0.15, -0.1) is 0 Å².